The first-order chi connectivity index (χ1) is 38.2. The Labute approximate surface area is 474 Å². The number of nitrogens with zero attached hydrogens (tertiary/aromatic N) is 5. The number of aliphatic hydroxyl groups excluding tert-OH is 3. The summed E-state index contributed by atoms with van der Waals surface area (Å²) in [5.41, 5.74) is 4.40. The van der Waals surface area contributed by atoms with E-state index in [0.717, 1.165) is 51.3 Å². The number of aromatic nitrogens is 4. The molecule has 1 aliphatic rings. The number of sulfone groups is 1. The van der Waals surface area contributed by atoms with Gasteiger partial charge in [-0.3, -0.25) is 33.0 Å². The molecule has 3 amide bonds. The summed E-state index contributed by atoms with van der Waals surface area (Å²) >= 11 is 6.81. The van der Waals surface area contributed by atoms with Gasteiger partial charge in [-0.05, 0) is 59.9 Å². The van der Waals surface area contributed by atoms with Gasteiger partial charge in [-0.25, -0.2) is 17.5 Å². The fourth-order valence-corrected chi connectivity index (χ4v) is 11.0. The summed E-state index contributed by atoms with van der Waals surface area (Å²) in [7, 11) is -17.6. The molecule has 2 aromatic heterocycles. The van der Waals surface area contributed by atoms with Crippen molar-refractivity contribution in [3.8, 4) is 28.4 Å². The van der Waals surface area contributed by atoms with E-state index < -0.39 is 135 Å². The Bertz CT molecular complexity index is 3560. The Morgan fingerprint density at radius 1 is 0.817 bits per heavy atom. The van der Waals surface area contributed by atoms with Gasteiger partial charge in [0.2, 0.25) is 17.7 Å². The third kappa shape index (κ3) is 17.9. The van der Waals surface area contributed by atoms with E-state index in [-0.39, 0.29) is 58.1 Å². The summed E-state index contributed by atoms with van der Waals surface area (Å²) in [5.74, 6) is -6.66. The van der Waals surface area contributed by atoms with Gasteiger partial charge in [-0.15, -0.1) is 5.10 Å². The minimum absolute atomic E-state index is 0.0325. The van der Waals surface area contributed by atoms with E-state index >= 15 is 0 Å². The lowest BCUT2D eigenvalue weighted by Crippen LogP contribution is -2.57. The monoisotopic (exact) mass is 1250 g/mol. The SMILES string of the molecule is Cc1c(COc2cc(OCc3cncc(S(C)(=O)=O)c3)c(CN(C)C(=O)[C@H](CS(=O)(=O)O)NC(=O)[C@H](CS(=O)(=O)O)NC(=O)CCP(=O)(O)O)cc2Cl)cccc1-c1cccc(OCc2cn([C@@H]3O[C@H](CF)[C@@H](O)[C@H](O)[C@H]3O)nn2)c1C. The molecule has 0 bridgehead atoms. The molecule has 0 saturated carbocycles. The highest BCUT2D eigenvalue weighted by molar-refractivity contribution is 7.90. The first-order valence-corrected chi connectivity index (χ1v) is 31.5. The molecule has 5 aromatic rings. The Kier molecular flexibility index (Phi) is 21.4. The lowest BCUT2D eigenvalue weighted by atomic mass is 9.93. The van der Waals surface area contributed by atoms with E-state index in [2.05, 4.69) is 15.3 Å². The van der Waals surface area contributed by atoms with Crippen molar-refractivity contribution in [3.63, 3.8) is 0 Å². The van der Waals surface area contributed by atoms with Crippen LogP contribution in [0.2, 0.25) is 5.02 Å². The maximum Gasteiger partial charge on any atom is 0.326 e. The maximum absolute atomic E-state index is 14.0. The topological polar surface area (TPSA) is 420 Å². The summed E-state index contributed by atoms with van der Waals surface area (Å²) in [6.45, 7) is 1.52. The molecule has 1 fully saturated rings. The van der Waals surface area contributed by atoms with Crippen LogP contribution in [0.25, 0.3) is 11.1 Å². The van der Waals surface area contributed by atoms with Gasteiger partial charge in [0.05, 0.1) is 22.3 Å². The van der Waals surface area contributed by atoms with E-state index in [1.54, 1.807) is 24.3 Å². The van der Waals surface area contributed by atoms with Gasteiger partial charge in [0.1, 0.15) is 97.4 Å². The number of ether oxygens (including phenoxy) is 4. The van der Waals surface area contributed by atoms with E-state index in [1.165, 1.54) is 30.6 Å². The number of benzene rings is 3. The lowest BCUT2D eigenvalue weighted by molar-refractivity contribution is -0.250. The van der Waals surface area contributed by atoms with Crippen LogP contribution in [0.5, 0.6) is 17.2 Å². The second-order valence-corrected chi connectivity index (χ2v) is 26.2. The summed E-state index contributed by atoms with van der Waals surface area (Å²) in [4.78, 5) is 62.8. The number of carbonyl (C=O) groups excluding carboxylic acids is 3. The Hall–Kier alpha value is -6.26. The van der Waals surface area contributed by atoms with Crippen molar-refractivity contribution in [2.24, 2.45) is 0 Å². The molecule has 0 radical (unpaired) electrons. The standard InChI is InChI=1S/C48H58ClFN7O21PS3/c1-26-29(7-5-8-33(26)34-9-6-10-38(27(34)2)77-23-31-20-57(55-54-31)48-45(61)44(60)43(59)41(16-50)78-48)22-76-40-15-39(75-21-28-13-32(18-51-17-28)80(4,67)68)30(14-35(40)49)19-56(3)47(63)37(25-82(72,73)74)53-46(62)36(24-81(69,70)71)52-42(58)11-12-79(64,65)66/h5-10,13-15,17-18,20,36-37,41,43-45,48,59-61H,11-12,16,19,21-25H2,1-4H3,(H,52,58)(H,53,62)(H2,64,65,66)(H,69,70,71)(H,72,73,74)/t36-,37-,41+,43+,44-,45+,48+/m0/s1. The molecule has 3 aromatic carbocycles. The van der Waals surface area contributed by atoms with Gasteiger partial charge in [-0.1, -0.05) is 47.1 Å². The van der Waals surface area contributed by atoms with Crippen LogP contribution in [-0.2, 0) is 80.1 Å². The summed E-state index contributed by atoms with van der Waals surface area (Å²) < 4.78 is 142. The smallest absolute Gasteiger partial charge is 0.326 e. The highest BCUT2D eigenvalue weighted by Crippen LogP contribution is 2.38. The molecule has 448 valence electrons. The third-order valence-electron chi connectivity index (χ3n) is 12.6. The van der Waals surface area contributed by atoms with Gasteiger partial charge in [0.15, 0.2) is 16.1 Å². The number of alkyl halides is 1. The fourth-order valence-electron chi connectivity index (χ4n) is 8.30. The van der Waals surface area contributed by atoms with Crippen molar-refractivity contribution in [2.45, 2.75) is 94.3 Å². The number of aliphatic hydroxyl groups is 3. The molecule has 0 unspecified atom stereocenters. The first-order valence-electron chi connectivity index (χ1n) is 24.2. The molecule has 6 rings (SSSR count). The van der Waals surface area contributed by atoms with E-state index in [9.17, 15) is 73.0 Å². The van der Waals surface area contributed by atoms with Gasteiger partial charge < -0.3 is 59.6 Å². The Morgan fingerprint density at radius 3 is 2.10 bits per heavy atom. The molecule has 34 heteroatoms. The molecule has 3 heterocycles. The van der Waals surface area contributed by atoms with Crippen molar-refractivity contribution < 1.29 is 102 Å². The van der Waals surface area contributed by atoms with Crippen molar-refractivity contribution in [3.05, 3.63) is 112 Å². The number of rotatable bonds is 26. The first kappa shape index (κ1) is 64.9. The van der Waals surface area contributed by atoms with E-state index in [1.807, 2.05) is 36.6 Å². The van der Waals surface area contributed by atoms with Crippen molar-refractivity contribution in [1.29, 1.82) is 0 Å². The summed E-state index contributed by atoms with van der Waals surface area (Å²) in [6.07, 6.45) is -4.89. The van der Waals surface area contributed by atoms with Crippen molar-refractivity contribution >= 4 is 67.0 Å². The van der Waals surface area contributed by atoms with Gasteiger partial charge >= 0.3 is 7.60 Å². The average Bonchev–Trinajstić information content (AvgIpc) is 4.02. The molecule has 0 aliphatic carbocycles. The fraction of sp³-hybridized carbons (Fsp3) is 0.417. The zero-order valence-corrected chi connectivity index (χ0v) is 47.9. The highest BCUT2D eigenvalue weighted by atomic mass is 35.5. The van der Waals surface area contributed by atoms with E-state index in [4.69, 9.17) is 40.3 Å². The number of hydrogen-bond donors (Lipinski definition) is 9. The molecule has 7 atom stereocenters. The zero-order chi connectivity index (χ0) is 60.6. The normalized spacial score (nSPS) is 18.5. The maximum atomic E-state index is 14.0. The number of nitrogens with one attached hydrogen (secondary N) is 2. The number of amides is 3. The van der Waals surface area contributed by atoms with Gasteiger partial charge in [-0.2, -0.15) is 16.8 Å². The van der Waals surface area contributed by atoms with Crippen LogP contribution in [0.4, 0.5) is 4.39 Å². The number of likely N-dealkylation sites (N-methyl/N-ethyl adjacent to an activating group) is 1. The molecular formula is C48H58ClFN7O21PS3. The number of halogens is 2. The van der Waals surface area contributed by atoms with Crippen LogP contribution in [-0.4, -0.2) is 176 Å². The highest BCUT2D eigenvalue weighted by Gasteiger charge is 2.45. The van der Waals surface area contributed by atoms with Crippen LogP contribution < -0.4 is 24.8 Å². The predicted octanol–water partition coefficient (Wildman–Crippen LogP) is 0.972. The van der Waals surface area contributed by atoms with Crippen LogP contribution >= 0.6 is 19.2 Å². The molecular weight excluding hydrogens is 1190 g/mol. The second-order valence-electron chi connectivity index (χ2n) is 19.0. The predicted molar refractivity (Wildman–Crippen MR) is 286 cm³/mol. The minimum atomic E-state index is -5.13. The Morgan fingerprint density at radius 2 is 1.45 bits per heavy atom. The molecule has 0 spiro atoms. The molecule has 1 saturated heterocycles. The quantitative estimate of drug-likeness (QED) is 0.0275. The van der Waals surface area contributed by atoms with Crippen molar-refractivity contribution in [2.75, 3.05) is 37.6 Å². The number of hydrogen-bond acceptors (Lipinski definition) is 20. The van der Waals surface area contributed by atoms with Crippen LogP contribution in [0.15, 0.2) is 78.1 Å². The third-order valence-corrected chi connectivity index (χ3v) is 16.3. The lowest BCUT2D eigenvalue weighted by Gasteiger charge is -2.39. The molecule has 82 heavy (non-hydrogen) atoms. The zero-order valence-electron chi connectivity index (χ0n) is 43.8. The van der Waals surface area contributed by atoms with Crippen LogP contribution in [0, 0.1) is 13.8 Å². The van der Waals surface area contributed by atoms with Gasteiger partial charge in [0.25, 0.3) is 20.2 Å². The largest absolute Gasteiger partial charge is 0.488 e. The van der Waals surface area contributed by atoms with Crippen molar-refractivity contribution in [1.82, 2.24) is 35.5 Å². The minimum Gasteiger partial charge on any atom is -0.488 e. The number of pyridine rings is 1. The average molecular weight is 1250 g/mol. The molecule has 9 N–H and O–H groups in total. The summed E-state index contributed by atoms with van der Waals surface area (Å²) in [6, 6.07) is 10.4. The second kappa shape index (κ2) is 27.0. The number of carbonyl (C=O) groups is 3. The van der Waals surface area contributed by atoms with Gasteiger partial charge in [0, 0.05) is 55.9 Å². The molecule has 1 aliphatic heterocycles. The van der Waals surface area contributed by atoms with Crippen LogP contribution in [0.1, 0.15) is 46.2 Å². The molecule has 28 nitrogen and oxygen atoms in total. The summed E-state index contributed by atoms with van der Waals surface area (Å²) in [5, 5.41) is 42.5. The van der Waals surface area contributed by atoms with E-state index in [0.29, 0.717) is 11.3 Å². The Balaban J connectivity index is 1.23. The van der Waals surface area contributed by atoms with Crippen LogP contribution in [0.3, 0.4) is 0 Å².